The van der Waals surface area contributed by atoms with Crippen LogP contribution in [-0.4, -0.2) is 10.9 Å². The van der Waals surface area contributed by atoms with E-state index in [1.807, 2.05) is 0 Å². The topological polar surface area (TPSA) is 37.3 Å². The summed E-state index contributed by atoms with van der Waals surface area (Å²) in [7, 11) is 0. The van der Waals surface area contributed by atoms with Gasteiger partial charge in [0.2, 0.25) is 0 Å². The Kier molecular flexibility index (Phi) is 2.88. The summed E-state index contributed by atoms with van der Waals surface area (Å²) in [4.78, 5) is 10.7. The fourth-order valence-corrected chi connectivity index (χ4v) is 1.25. The Bertz CT molecular complexity index is 350. The lowest BCUT2D eigenvalue weighted by atomic mass is 10.1. The highest BCUT2D eigenvalue weighted by Crippen LogP contribution is 2.26. The Hall–Kier alpha value is -1.09. The quantitative estimate of drug-likeness (QED) is 0.799. The second kappa shape index (κ2) is 3.75. The number of carbonyl (C=O) groups is 1. The van der Waals surface area contributed by atoms with E-state index < -0.39 is 11.6 Å². The summed E-state index contributed by atoms with van der Waals surface area (Å²) in [6, 6.07) is 2.38. The van der Waals surface area contributed by atoms with E-state index in [4.69, 9.17) is 11.6 Å². The van der Waals surface area contributed by atoms with Gasteiger partial charge in [-0.3, -0.25) is 4.79 Å². The van der Waals surface area contributed by atoms with Crippen molar-refractivity contribution in [3.8, 4) is 5.75 Å². The Morgan fingerprint density at radius 3 is 2.77 bits per heavy atom. The summed E-state index contributed by atoms with van der Waals surface area (Å²) in [6.45, 7) is 1.36. The Labute approximate surface area is 80.0 Å². The Morgan fingerprint density at radius 2 is 2.23 bits per heavy atom. The first-order valence-corrected chi connectivity index (χ1v) is 4.05. The normalized spacial score (nSPS) is 10.1. The molecule has 4 heteroatoms. The van der Waals surface area contributed by atoms with E-state index in [1.54, 1.807) is 0 Å². The molecule has 1 aromatic rings. The van der Waals surface area contributed by atoms with Crippen molar-refractivity contribution >= 4 is 17.4 Å². The highest BCUT2D eigenvalue weighted by molar-refractivity contribution is 6.30. The van der Waals surface area contributed by atoms with Crippen molar-refractivity contribution < 1.29 is 14.3 Å². The van der Waals surface area contributed by atoms with E-state index in [1.165, 1.54) is 13.0 Å². The number of benzene rings is 1. The zero-order valence-electron chi connectivity index (χ0n) is 6.97. The van der Waals surface area contributed by atoms with E-state index >= 15 is 0 Å². The first kappa shape index (κ1) is 9.99. The van der Waals surface area contributed by atoms with Gasteiger partial charge in [-0.25, -0.2) is 4.39 Å². The van der Waals surface area contributed by atoms with Gasteiger partial charge in [0, 0.05) is 17.0 Å². The van der Waals surface area contributed by atoms with Gasteiger partial charge in [-0.05, 0) is 19.1 Å². The molecule has 0 heterocycles. The van der Waals surface area contributed by atoms with E-state index in [0.717, 1.165) is 6.07 Å². The number of carbonyl (C=O) groups excluding carboxylic acids is 1. The van der Waals surface area contributed by atoms with Crippen LogP contribution in [0.2, 0.25) is 5.02 Å². The molecule has 0 spiro atoms. The predicted molar refractivity (Wildman–Crippen MR) is 47.5 cm³/mol. The smallest absolute Gasteiger partial charge is 0.166 e. The van der Waals surface area contributed by atoms with Crippen molar-refractivity contribution in [1.82, 2.24) is 0 Å². The molecule has 1 aromatic carbocycles. The summed E-state index contributed by atoms with van der Waals surface area (Å²) in [5, 5.41) is 9.36. The molecule has 0 atom stereocenters. The number of rotatable bonds is 2. The molecule has 0 saturated carbocycles. The standard InChI is InChI=1S/C9H8ClFO2/c1-5(12)2-6-3-7(10)4-8(11)9(6)13/h3-4,13H,2H2,1H3. The maximum Gasteiger partial charge on any atom is 0.166 e. The second-order valence-electron chi connectivity index (χ2n) is 2.77. The number of halogens is 2. The maximum atomic E-state index is 12.8. The highest BCUT2D eigenvalue weighted by Gasteiger charge is 2.10. The number of hydrogen-bond acceptors (Lipinski definition) is 2. The van der Waals surface area contributed by atoms with E-state index in [9.17, 15) is 14.3 Å². The number of hydrogen-bond donors (Lipinski definition) is 1. The van der Waals surface area contributed by atoms with Gasteiger partial charge in [0.05, 0.1) is 0 Å². The number of ketones is 1. The largest absolute Gasteiger partial charge is 0.505 e. The van der Waals surface area contributed by atoms with E-state index in [-0.39, 0.29) is 22.8 Å². The van der Waals surface area contributed by atoms with E-state index in [2.05, 4.69) is 0 Å². The lowest BCUT2D eigenvalue weighted by Crippen LogP contribution is -1.97. The van der Waals surface area contributed by atoms with Gasteiger partial charge in [-0.1, -0.05) is 11.6 Å². The number of Topliss-reactive ketones (excluding diaryl/α,β-unsaturated/α-hetero) is 1. The molecule has 0 aliphatic carbocycles. The minimum absolute atomic E-state index is 0.0106. The summed E-state index contributed by atoms with van der Waals surface area (Å²) in [6.07, 6.45) is -0.0106. The third-order valence-corrected chi connectivity index (χ3v) is 1.76. The van der Waals surface area contributed by atoms with Crippen LogP contribution in [0.25, 0.3) is 0 Å². The molecule has 0 radical (unpaired) electrons. The minimum Gasteiger partial charge on any atom is -0.505 e. The van der Waals surface area contributed by atoms with Gasteiger partial charge < -0.3 is 5.11 Å². The van der Waals surface area contributed by atoms with Crippen LogP contribution >= 0.6 is 11.6 Å². The zero-order valence-corrected chi connectivity index (χ0v) is 7.73. The Morgan fingerprint density at radius 1 is 1.62 bits per heavy atom. The first-order chi connectivity index (χ1) is 6.00. The number of phenolic OH excluding ortho intramolecular Hbond substituents is 1. The van der Waals surface area contributed by atoms with Gasteiger partial charge in [0.1, 0.15) is 5.78 Å². The van der Waals surface area contributed by atoms with Crippen LogP contribution in [0.1, 0.15) is 12.5 Å². The predicted octanol–water partition coefficient (Wildman–Crippen LogP) is 2.32. The van der Waals surface area contributed by atoms with Gasteiger partial charge in [0.15, 0.2) is 11.6 Å². The molecule has 0 saturated heterocycles. The highest BCUT2D eigenvalue weighted by atomic mass is 35.5. The average Bonchev–Trinajstić information content (AvgIpc) is 1.98. The molecule has 0 amide bonds. The average molecular weight is 203 g/mol. The maximum absolute atomic E-state index is 12.8. The lowest BCUT2D eigenvalue weighted by molar-refractivity contribution is -0.116. The van der Waals surface area contributed by atoms with Crippen LogP contribution in [0.5, 0.6) is 5.75 Å². The summed E-state index contributed by atoms with van der Waals surface area (Å²) < 4.78 is 12.8. The molecule has 0 bridgehead atoms. The molecule has 70 valence electrons. The number of aromatic hydroxyl groups is 1. The molecule has 1 N–H and O–H groups in total. The third kappa shape index (κ3) is 2.42. The van der Waals surface area contributed by atoms with Crippen LogP contribution in [0.15, 0.2) is 12.1 Å². The number of phenols is 1. The van der Waals surface area contributed by atoms with Gasteiger partial charge in [-0.2, -0.15) is 0 Å². The molecule has 0 aliphatic rings. The molecule has 0 aromatic heterocycles. The molecular weight excluding hydrogens is 195 g/mol. The van der Waals surface area contributed by atoms with Gasteiger partial charge in [0.25, 0.3) is 0 Å². The van der Waals surface area contributed by atoms with Crippen molar-refractivity contribution in [1.29, 1.82) is 0 Å². The Balaban J connectivity index is 3.12. The van der Waals surface area contributed by atoms with Crippen LogP contribution in [0, 0.1) is 5.82 Å². The van der Waals surface area contributed by atoms with Crippen LogP contribution in [0.4, 0.5) is 4.39 Å². The molecule has 0 unspecified atom stereocenters. The third-order valence-electron chi connectivity index (χ3n) is 1.55. The SMILES string of the molecule is CC(=O)Cc1cc(Cl)cc(F)c1O. The summed E-state index contributed by atoms with van der Waals surface area (Å²) >= 11 is 5.54. The fourth-order valence-electron chi connectivity index (χ4n) is 1.02. The van der Waals surface area contributed by atoms with Crippen LogP contribution in [-0.2, 0) is 11.2 Å². The molecule has 0 fully saturated rings. The van der Waals surface area contributed by atoms with Crippen LogP contribution < -0.4 is 0 Å². The lowest BCUT2D eigenvalue weighted by Gasteiger charge is -2.03. The monoisotopic (exact) mass is 202 g/mol. The second-order valence-corrected chi connectivity index (χ2v) is 3.21. The molecule has 2 nitrogen and oxygen atoms in total. The molecule has 1 rings (SSSR count). The molecule has 0 aliphatic heterocycles. The van der Waals surface area contributed by atoms with E-state index in [0.29, 0.717) is 0 Å². The molecule has 13 heavy (non-hydrogen) atoms. The molecular formula is C9H8ClFO2. The minimum atomic E-state index is -0.802. The van der Waals surface area contributed by atoms with Crippen molar-refractivity contribution in [3.05, 3.63) is 28.5 Å². The van der Waals surface area contributed by atoms with Crippen molar-refractivity contribution in [3.63, 3.8) is 0 Å². The van der Waals surface area contributed by atoms with Crippen molar-refractivity contribution in [2.24, 2.45) is 0 Å². The van der Waals surface area contributed by atoms with Crippen molar-refractivity contribution in [2.45, 2.75) is 13.3 Å². The first-order valence-electron chi connectivity index (χ1n) is 3.67. The fraction of sp³-hybridized carbons (Fsp3) is 0.222. The van der Waals surface area contributed by atoms with Gasteiger partial charge >= 0.3 is 0 Å². The van der Waals surface area contributed by atoms with Crippen molar-refractivity contribution in [2.75, 3.05) is 0 Å². The zero-order chi connectivity index (χ0) is 10.0. The van der Waals surface area contributed by atoms with Gasteiger partial charge in [-0.15, -0.1) is 0 Å². The summed E-state index contributed by atoms with van der Waals surface area (Å²) in [5.41, 5.74) is 0.220. The van der Waals surface area contributed by atoms with Crippen LogP contribution in [0.3, 0.4) is 0 Å². The summed E-state index contributed by atoms with van der Waals surface area (Å²) in [5.74, 6) is -1.46.